The second-order valence-corrected chi connectivity index (χ2v) is 6.56. The van der Waals surface area contributed by atoms with Gasteiger partial charge in [0.1, 0.15) is 5.02 Å². The van der Waals surface area contributed by atoms with E-state index >= 15 is 0 Å². The van der Waals surface area contributed by atoms with Crippen LogP contribution in [0, 0.1) is 0 Å². The summed E-state index contributed by atoms with van der Waals surface area (Å²) >= 11 is 12.0. The van der Waals surface area contributed by atoms with Crippen molar-refractivity contribution in [3.8, 4) is 11.6 Å². The summed E-state index contributed by atoms with van der Waals surface area (Å²) in [6.45, 7) is 0.405. The SMILES string of the molecule is Clc1cnc(Oc2ccccc2NCc2nc(C3CC3)no2)c(Cl)c1. The lowest BCUT2D eigenvalue weighted by molar-refractivity contribution is 0.377. The lowest BCUT2D eigenvalue weighted by Gasteiger charge is -2.12. The molecule has 0 bridgehead atoms. The third kappa shape index (κ3) is 3.86. The summed E-state index contributed by atoms with van der Waals surface area (Å²) < 4.78 is 11.1. The molecule has 0 unspecified atom stereocenters. The second kappa shape index (κ2) is 6.90. The van der Waals surface area contributed by atoms with E-state index in [2.05, 4.69) is 20.4 Å². The number of pyridine rings is 1. The van der Waals surface area contributed by atoms with Gasteiger partial charge < -0.3 is 14.6 Å². The predicted octanol–water partition coefficient (Wildman–Crippen LogP) is 5.05. The van der Waals surface area contributed by atoms with E-state index in [1.54, 1.807) is 6.07 Å². The molecule has 1 aromatic carbocycles. The van der Waals surface area contributed by atoms with Gasteiger partial charge in [0.2, 0.25) is 11.8 Å². The predicted molar refractivity (Wildman–Crippen MR) is 94.4 cm³/mol. The molecule has 128 valence electrons. The first-order valence-electron chi connectivity index (χ1n) is 7.83. The molecule has 8 heteroatoms. The molecule has 25 heavy (non-hydrogen) atoms. The average molecular weight is 377 g/mol. The highest BCUT2D eigenvalue weighted by Crippen LogP contribution is 2.38. The van der Waals surface area contributed by atoms with Crippen molar-refractivity contribution in [3.63, 3.8) is 0 Å². The van der Waals surface area contributed by atoms with E-state index in [1.165, 1.54) is 6.20 Å². The van der Waals surface area contributed by atoms with Gasteiger partial charge in [0.25, 0.3) is 0 Å². The Kier molecular flexibility index (Phi) is 4.46. The zero-order valence-corrected chi connectivity index (χ0v) is 14.6. The number of para-hydroxylation sites is 2. The van der Waals surface area contributed by atoms with Crippen LogP contribution in [-0.4, -0.2) is 15.1 Å². The molecule has 1 fully saturated rings. The quantitative estimate of drug-likeness (QED) is 0.648. The van der Waals surface area contributed by atoms with Crippen molar-refractivity contribution in [2.24, 2.45) is 0 Å². The largest absolute Gasteiger partial charge is 0.435 e. The number of rotatable bonds is 6. The van der Waals surface area contributed by atoms with Gasteiger partial charge in [0, 0.05) is 12.1 Å². The van der Waals surface area contributed by atoms with Crippen LogP contribution in [0.15, 0.2) is 41.1 Å². The van der Waals surface area contributed by atoms with Crippen molar-refractivity contribution in [1.82, 2.24) is 15.1 Å². The zero-order chi connectivity index (χ0) is 17.2. The highest BCUT2D eigenvalue weighted by molar-refractivity contribution is 6.35. The van der Waals surface area contributed by atoms with E-state index in [0.717, 1.165) is 24.4 Å². The topological polar surface area (TPSA) is 73.1 Å². The lowest BCUT2D eigenvalue weighted by atomic mass is 10.3. The van der Waals surface area contributed by atoms with Crippen molar-refractivity contribution in [3.05, 3.63) is 58.3 Å². The molecule has 0 radical (unpaired) electrons. The maximum Gasteiger partial charge on any atom is 0.245 e. The minimum Gasteiger partial charge on any atom is -0.435 e. The highest BCUT2D eigenvalue weighted by atomic mass is 35.5. The van der Waals surface area contributed by atoms with Crippen LogP contribution in [0.5, 0.6) is 11.6 Å². The number of hydrogen-bond acceptors (Lipinski definition) is 6. The van der Waals surface area contributed by atoms with E-state index in [4.69, 9.17) is 32.5 Å². The van der Waals surface area contributed by atoms with Gasteiger partial charge in [0.05, 0.1) is 17.3 Å². The molecule has 0 spiro atoms. The monoisotopic (exact) mass is 376 g/mol. The molecular formula is C17H14Cl2N4O2. The standard InChI is InChI=1S/C17H14Cl2N4O2/c18-11-7-12(19)17(21-8-11)24-14-4-2-1-3-13(14)20-9-15-22-16(23-25-15)10-5-6-10/h1-4,7-8,10,20H,5-6,9H2. The maximum absolute atomic E-state index is 6.12. The van der Waals surface area contributed by atoms with E-state index in [-0.39, 0.29) is 5.88 Å². The summed E-state index contributed by atoms with van der Waals surface area (Å²) in [6, 6.07) is 9.05. The number of anilines is 1. The maximum atomic E-state index is 6.12. The fourth-order valence-electron chi connectivity index (χ4n) is 2.30. The van der Waals surface area contributed by atoms with Crippen LogP contribution >= 0.6 is 23.2 Å². The van der Waals surface area contributed by atoms with Gasteiger partial charge in [-0.25, -0.2) is 4.98 Å². The number of hydrogen-bond donors (Lipinski definition) is 1. The summed E-state index contributed by atoms with van der Waals surface area (Å²) in [7, 11) is 0. The molecular weight excluding hydrogens is 363 g/mol. The third-order valence-electron chi connectivity index (χ3n) is 3.72. The molecule has 1 N–H and O–H groups in total. The first-order valence-corrected chi connectivity index (χ1v) is 8.59. The molecule has 0 aliphatic heterocycles. The number of aromatic nitrogens is 3. The fraction of sp³-hybridized carbons (Fsp3) is 0.235. The fourth-order valence-corrected chi connectivity index (χ4v) is 2.72. The Morgan fingerprint density at radius 3 is 2.88 bits per heavy atom. The van der Waals surface area contributed by atoms with Crippen LogP contribution in [-0.2, 0) is 6.54 Å². The number of halogens is 2. The number of ether oxygens (including phenoxy) is 1. The second-order valence-electron chi connectivity index (χ2n) is 5.71. The Bertz CT molecular complexity index is 896. The van der Waals surface area contributed by atoms with Gasteiger partial charge >= 0.3 is 0 Å². The van der Waals surface area contributed by atoms with Crippen molar-refractivity contribution < 1.29 is 9.26 Å². The first-order chi connectivity index (χ1) is 12.2. The zero-order valence-electron chi connectivity index (χ0n) is 13.1. The van der Waals surface area contributed by atoms with E-state index in [1.807, 2.05) is 24.3 Å². The molecule has 0 saturated heterocycles. The van der Waals surface area contributed by atoms with E-state index in [0.29, 0.717) is 34.1 Å². The number of nitrogens with one attached hydrogen (secondary N) is 1. The Labute approximate surface area is 154 Å². The Morgan fingerprint density at radius 2 is 2.08 bits per heavy atom. The minimum absolute atomic E-state index is 0.286. The molecule has 4 rings (SSSR count). The van der Waals surface area contributed by atoms with Crippen molar-refractivity contribution in [2.75, 3.05) is 5.32 Å². The number of benzene rings is 1. The van der Waals surface area contributed by atoms with E-state index in [9.17, 15) is 0 Å². The van der Waals surface area contributed by atoms with Gasteiger partial charge in [-0.3, -0.25) is 0 Å². The van der Waals surface area contributed by atoms with Gasteiger partial charge in [0.15, 0.2) is 11.6 Å². The molecule has 0 atom stereocenters. The van der Waals surface area contributed by atoms with Crippen LogP contribution in [0.4, 0.5) is 5.69 Å². The Hall–Kier alpha value is -2.31. The summed E-state index contributed by atoms with van der Waals surface area (Å²) in [5.74, 6) is 2.67. The van der Waals surface area contributed by atoms with Crippen LogP contribution < -0.4 is 10.1 Å². The summed E-state index contributed by atoms with van der Waals surface area (Å²) in [6.07, 6.45) is 3.76. The van der Waals surface area contributed by atoms with Crippen LogP contribution in [0.1, 0.15) is 30.5 Å². The van der Waals surface area contributed by atoms with Crippen LogP contribution in [0.2, 0.25) is 10.0 Å². The van der Waals surface area contributed by atoms with Gasteiger partial charge in [-0.05, 0) is 31.0 Å². The molecule has 1 aliphatic carbocycles. The third-order valence-corrected chi connectivity index (χ3v) is 4.20. The van der Waals surface area contributed by atoms with Crippen LogP contribution in [0.3, 0.4) is 0 Å². The minimum atomic E-state index is 0.286. The normalized spacial score (nSPS) is 13.7. The van der Waals surface area contributed by atoms with E-state index < -0.39 is 0 Å². The van der Waals surface area contributed by atoms with Gasteiger partial charge in [-0.15, -0.1) is 0 Å². The first kappa shape index (κ1) is 16.2. The molecule has 2 heterocycles. The lowest BCUT2D eigenvalue weighted by Crippen LogP contribution is -2.02. The Morgan fingerprint density at radius 1 is 1.24 bits per heavy atom. The van der Waals surface area contributed by atoms with Crippen molar-refractivity contribution in [1.29, 1.82) is 0 Å². The summed E-state index contributed by atoms with van der Waals surface area (Å²) in [5, 5.41) is 8.03. The Balaban J connectivity index is 1.48. The van der Waals surface area contributed by atoms with Crippen molar-refractivity contribution in [2.45, 2.75) is 25.3 Å². The average Bonchev–Trinajstić information content (AvgIpc) is 3.35. The highest BCUT2D eigenvalue weighted by Gasteiger charge is 2.28. The van der Waals surface area contributed by atoms with Crippen molar-refractivity contribution >= 4 is 28.9 Å². The molecule has 0 amide bonds. The molecule has 1 aliphatic rings. The summed E-state index contributed by atoms with van der Waals surface area (Å²) in [4.78, 5) is 8.50. The molecule has 2 aromatic heterocycles. The number of nitrogens with zero attached hydrogens (tertiary/aromatic N) is 3. The molecule has 1 saturated carbocycles. The van der Waals surface area contributed by atoms with Crippen LogP contribution in [0.25, 0.3) is 0 Å². The smallest absolute Gasteiger partial charge is 0.245 e. The van der Waals surface area contributed by atoms with Gasteiger partial charge in [-0.2, -0.15) is 4.98 Å². The summed E-state index contributed by atoms with van der Waals surface area (Å²) in [5.41, 5.74) is 0.765. The molecule has 6 nitrogen and oxygen atoms in total. The molecule has 3 aromatic rings. The van der Waals surface area contributed by atoms with Gasteiger partial charge in [-0.1, -0.05) is 40.5 Å².